The molecule has 210 valence electrons. The van der Waals surface area contributed by atoms with Gasteiger partial charge < -0.3 is 37.9 Å². The van der Waals surface area contributed by atoms with Crippen molar-refractivity contribution in [3.8, 4) is 0 Å². The quantitative estimate of drug-likeness (QED) is 0.255. The molecule has 0 aromatic rings. The topological polar surface area (TPSA) is 118 Å². The van der Waals surface area contributed by atoms with Crippen LogP contribution >= 0.6 is 0 Å². The number of hydrogen-bond acceptors (Lipinski definition) is 10. The number of allylic oxidation sites excluding steroid dienone is 2. The van der Waals surface area contributed by atoms with Crippen LogP contribution in [0.25, 0.3) is 0 Å². The maximum absolute atomic E-state index is 13.4. The Hall–Kier alpha value is -2.08. The summed E-state index contributed by atoms with van der Waals surface area (Å²) in [5, 5.41) is 0. The van der Waals surface area contributed by atoms with Crippen LogP contribution in [-0.2, 0) is 47.5 Å². The number of epoxide rings is 3. The number of carbonyl (C=O) groups excluding carboxylic acids is 2. The smallest absolute Gasteiger partial charge is 0.338 e. The van der Waals surface area contributed by atoms with E-state index in [0.29, 0.717) is 19.4 Å². The highest BCUT2D eigenvalue weighted by Crippen LogP contribution is 2.74. The number of ether oxygens (including phenoxy) is 8. The van der Waals surface area contributed by atoms with Gasteiger partial charge in [-0.1, -0.05) is 31.2 Å². The van der Waals surface area contributed by atoms with Crippen LogP contribution in [0.4, 0.5) is 0 Å². The second kappa shape index (κ2) is 7.80. The minimum atomic E-state index is -0.804. The molecule has 1 saturated carbocycles. The Morgan fingerprint density at radius 1 is 1.00 bits per heavy atom. The summed E-state index contributed by atoms with van der Waals surface area (Å²) in [7, 11) is 0. The molecule has 5 saturated heterocycles. The van der Waals surface area contributed by atoms with Gasteiger partial charge in [-0.05, 0) is 26.3 Å². The Morgan fingerprint density at radius 2 is 1.82 bits per heavy atom. The van der Waals surface area contributed by atoms with Crippen LogP contribution < -0.4 is 0 Å². The van der Waals surface area contributed by atoms with Gasteiger partial charge in [0.05, 0.1) is 35.7 Å². The van der Waals surface area contributed by atoms with E-state index in [1.165, 1.54) is 6.08 Å². The zero-order chi connectivity index (χ0) is 26.9. The molecule has 0 amide bonds. The van der Waals surface area contributed by atoms with E-state index in [-0.39, 0.29) is 43.2 Å². The molecule has 6 heterocycles. The van der Waals surface area contributed by atoms with Crippen LogP contribution in [0.5, 0.6) is 0 Å². The average molecular weight is 543 g/mol. The lowest BCUT2D eigenvalue weighted by atomic mass is 9.51. The summed E-state index contributed by atoms with van der Waals surface area (Å²) in [5.74, 6) is -0.893. The lowest BCUT2D eigenvalue weighted by molar-refractivity contribution is -0.236. The van der Waals surface area contributed by atoms with Crippen molar-refractivity contribution >= 4 is 11.9 Å². The zero-order valence-corrected chi connectivity index (χ0v) is 22.5. The van der Waals surface area contributed by atoms with Crippen LogP contribution in [0.3, 0.4) is 0 Å². The van der Waals surface area contributed by atoms with Crippen LogP contribution in [0, 0.1) is 10.8 Å². The highest BCUT2D eigenvalue weighted by molar-refractivity contribution is 5.82. The summed E-state index contributed by atoms with van der Waals surface area (Å²) in [6.07, 6.45) is 6.49. The first kappa shape index (κ1) is 24.7. The van der Waals surface area contributed by atoms with Gasteiger partial charge in [0.25, 0.3) is 0 Å². The maximum Gasteiger partial charge on any atom is 0.338 e. The van der Waals surface area contributed by atoms with E-state index in [1.54, 1.807) is 12.2 Å². The Labute approximate surface area is 226 Å². The summed E-state index contributed by atoms with van der Waals surface area (Å²) in [5.41, 5.74) is -1.78. The first-order chi connectivity index (χ1) is 18.6. The van der Waals surface area contributed by atoms with Crippen molar-refractivity contribution in [1.82, 2.24) is 0 Å². The summed E-state index contributed by atoms with van der Waals surface area (Å²) >= 11 is 0. The molecule has 2 aliphatic carbocycles. The minimum absolute atomic E-state index is 0.0356. The predicted molar refractivity (Wildman–Crippen MR) is 131 cm³/mol. The number of hydrogen-bond donors (Lipinski definition) is 0. The molecule has 0 N–H and O–H groups in total. The predicted octanol–water partition coefficient (Wildman–Crippen LogP) is 1.91. The fraction of sp³-hybridized carbons (Fsp3) is 0.724. The molecule has 0 aromatic heterocycles. The summed E-state index contributed by atoms with van der Waals surface area (Å²) in [4.78, 5) is 26.5. The van der Waals surface area contributed by atoms with Crippen LogP contribution in [0.2, 0.25) is 0 Å². The number of cyclic esters (lactones) is 1. The third kappa shape index (κ3) is 3.18. The van der Waals surface area contributed by atoms with Crippen molar-refractivity contribution in [3.05, 3.63) is 36.0 Å². The zero-order valence-electron chi connectivity index (χ0n) is 22.5. The first-order valence-corrected chi connectivity index (χ1v) is 14.0. The third-order valence-corrected chi connectivity index (χ3v) is 10.7. The maximum atomic E-state index is 13.4. The van der Waals surface area contributed by atoms with E-state index in [4.69, 9.17) is 37.9 Å². The average Bonchev–Trinajstić information content (AvgIpc) is 3.78. The lowest BCUT2D eigenvalue weighted by Crippen LogP contribution is -2.69. The van der Waals surface area contributed by atoms with Crippen molar-refractivity contribution < 1.29 is 47.5 Å². The van der Waals surface area contributed by atoms with Crippen LogP contribution in [-0.4, -0.2) is 91.5 Å². The molecular formula is C29H34O10. The SMILES string of the molecule is CC1=C[C@H]2O[C@@H]3C[C@H]4OC(=O)/C=C\C=C\[C@H]5OC(CC6(C)OC6C(=O)OC[C@@]2([C@H]2O[C@@H]12)[C@]4(C)[C@]31CO1)O[C@@H]5C. The molecule has 4 bridgehead atoms. The van der Waals surface area contributed by atoms with Crippen molar-refractivity contribution in [1.29, 1.82) is 0 Å². The molecule has 6 aliphatic heterocycles. The highest BCUT2D eigenvalue weighted by atomic mass is 16.7. The Kier molecular flexibility index (Phi) is 4.94. The molecular weight excluding hydrogens is 508 g/mol. The van der Waals surface area contributed by atoms with Gasteiger partial charge in [-0.25, -0.2) is 9.59 Å². The molecule has 10 heteroatoms. The molecule has 39 heavy (non-hydrogen) atoms. The Balaban J connectivity index is 1.18. The van der Waals surface area contributed by atoms with Crippen molar-refractivity contribution in [2.75, 3.05) is 13.2 Å². The van der Waals surface area contributed by atoms with Crippen molar-refractivity contribution in [3.63, 3.8) is 0 Å². The molecule has 10 nitrogen and oxygen atoms in total. The number of rotatable bonds is 0. The fourth-order valence-electron chi connectivity index (χ4n) is 8.26. The Bertz CT molecular complexity index is 1220. The van der Waals surface area contributed by atoms with Crippen LogP contribution in [0.1, 0.15) is 40.5 Å². The van der Waals surface area contributed by atoms with Crippen molar-refractivity contribution in [2.45, 2.75) is 107 Å². The van der Waals surface area contributed by atoms with Gasteiger partial charge in [-0.2, -0.15) is 0 Å². The molecule has 8 rings (SSSR count). The van der Waals surface area contributed by atoms with E-state index in [9.17, 15) is 9.59 Å². The molecule has 13 atom stereocenters. The highest BCUT2D eigenvalue weighted by Gasteiger charge is 2.87. The standard InChI is InChI=1S/C29H34O10/c1-14-9-18-28(23-22(14)38-23)12-32-25(31)24-26(3,39-24)11-21-34-15(2)16(35-21)7-5-6-8-20(30)37-17-10-19(36-18)29(13-33-29)27(17,28)4/h5-9,15-19,21-24H,10-13H2,1-4H3/b7-5+,8-6-/t15-,16-,17-,18-,19-,21?,22+,23+,24?,26?,27-,28-,29+/m1/s1. The molecule has 3 unspecified atom stereocenters. The molecule has 0 radical (unpaired) electrons. The molecule has 2 spiro atoms. The van der Waals surface area contributed by atoms with E-state index in [0.717, 1.165) is 5.57 Å². The lowest BCUT2D eigenvalue weighted by Gasteiger charge is -2.57. The van der Waals surface area contributed by atoms with E-state index < -0.39 is 52.5 Å². The normalized spacial score (nSPS) is 58.5. The monoisotopic (exact) mass is 542 g/mol. The fourth-order valence-corrected chi connectivity index (χ4v) is 8.26. The minimum Gasteiger partial charge on any atom is -0.463 e. The summed E-state index contributed by atoms with van der Waals surface area (Å²) < 4.78 is 49.2. The molecule has 8 aliphatic rings. The number of carbonyl (C=O) groups is 2. The molecule has 0 aromatic carbocycles. The van der Waals surface area contributed by atoms with E-state index in [1.807, 2.05) is 26.8 Å². The summed E-state index contributed by atoms with van der Waals surface area (Å²) in [6, 6.07) is 0. The second-order valence-electron chi connectivity index (χ2n) is 12.8. The second-order valence-corrected chi connectivity index (χ2v) is 12.8. The van der Waals surface area contributed by atoms with Gasteiger partial charge in [0.1, 0.15) is 42.2 Å². The molecule has 6 fully saturated rings. The first-order valence-electron chi connectivity index (χ1n) is 14.0. The van der Waals surface area contributed by atoms with E-state index >= 15 is 0 Å². The van der Waals surface area contributed by atoms with Crippen molar-refractivity contribution in [2.24, 2.45) is 10.8 Å². The number of fused-ring (bicyclic) bond motifs is 4. The van der Waals surface area contributed by atoms with Crippen LogP contribution in [0.15, 0.2) is 36.0 Å². The van der Waals surface area contributed by atoms with Gasteiger partial charge in [0.2, 0.25) is 0 Å². The van der Waals surface area contributed by atoms with Gasteiger partial charge in [0, 0.05) is 18.9 Å². The van der Waals surface area contributed by atoms with Gasteiger partial charge in [0.15, 0.2) is 12.4 Å². The largest absolute Gasteiger partial charge is 0.463 e. The third-order valence-electron chi connectivity index (χ3n) is 10.7. The summed E-state index contributed by atoms with van der Waals surface area (Å²) in [6.45, 7) is 8.47. The van der Waals surface area contributed by atoms with Gasteiger partial charge in [-0.3, -0.25) is 0 Å². The van der Waals surface area contributed by atoms with Gasteiger partial charge in [-0.15, -0.1) is 0 Å². The Morgan fingerprint density at radius 3 is 2.62 bits per heavy atom. The van der Waals surface area contributed by atoms with E-state index in [2.05, 4.69) is 13.0 Å². The number of esters is 2. The van der Waals surface area contributed by atoms with Gasteiger partial charge >= 0.3 is 11.9 Å².